The number of esters is 2. The van der Waals surface area contributed by atoms with E-state index in [1.54, 1.807) is 0 Å². The Kier molecular flexibility index (Phi) is 9.20. The molecule has 2 aromatic carbocycles. The number of hydrogen-bond acceptors (Lipinski definition) is 8. The lowest BCUT2D eigenvalue weighted by molar-refractivity contribution is -0.140. The van der Waals surface area contributed by atoms with Crippen LogP contribution in [0.3, 0.4) is 0 Å². The quantitative estimate of drug-likeness (QED) is 0.235. The molecule has 1 atom stereocenters. The van der Waals surface area contributed by atoms with E-state index in [4.69, 9.17) is 20.2 Å². The maximum Gasteiger partial charge on any atom is 0.420 e. The highest BCUT2D eigenvalue weighted by atomic mass is 35.7. The Morgan fingerprint density at radius 1 is 0.789 bits per heavy atom. The van der Waals surface area contributed by atoms with Crippen LogP contribution in [0.1, 0.15) is 48.2 Å². The minimum atomic E-state index is -5.31. The molecule has 210 valence electrons. The smallest absolute Gasteiger partial charge is 0.420 e. The van der Waals surface area contributed by atoms with Crippen molar-refractivity contribution in [3.63, 3.8) is 0 Å². The van der Waals surface area contributed by atoms with E-state index in [1.807, 2.05) is 0 Å². The van der Waals surface area contributed by atoms with Crippen LogP contribution >= 0.6 is 10.7 Å². The molecule has 38 heavy (non-hydrogen) atoms. The van der Waals surface area contributed by atoms with Gasteiger partial charge in [0.05, 0.1) is 39.6 Å². The van der Waals surface area contributed by atoms with Gasteiger partial charge in [-0.1, -0.05) is 0 Å². The lowest BCUT2D eigenvalue weighted by atomic mass is 9.92. The van der Waals surface area contributed by atoms with Crippen molar-refractivity contribution >= 4 is 31.7 Å². The minimum absolute atomic E-state index is 0.483. The van der Waals surface area contributed by atoms with E-state index in [-0.39, 0.29) is 0 Å². The summed E-state index contributed by atoms with van der Waals surface area (Å²) in [6, 6.07) is 2.37. The lowest BCUT2D eigenvalue weighted by Crippen LogP contribution is -2.22. The third-order valence-corrected chi connectivity index (χ3v) is 7.00. The van der Waals surface area contributed by atoms with Crippen molar-refractivity contribution in [3.05, 3.63) is 57.6 Å². The SMILES string of the molecule is COC(=O)c1cc(CC(c2cc(C(=O)OC)cc(OC)c2C(F)(F)F)S(=O)(=O)Cl)c(C(F)(F)F)c(OC)c1. The second kappa shape index (κ2) is 11.3. The molecule has 0 aliphatic heterocycles. The van der Waals surface area contributed by atoms with Gasteiger partial charge in [0.2, 0.25) is 9.05 Å². The van der Waals surface area contributed by atoms with E-state index in [1.165, 1.54) is 0 Å². The van der Waals surface area contributed by atoms with Crippen molar-refractivity contribution in [2.45, 2.75) is 24.0 Å². The number of rotatable bonds is 8. The first-order valence-electron chi connectivity index (χ1n) is 10.1. The van der Waals surface area contributed by atoms with Crippen LogP contribution in [-0.4, -0.2) is 48.8 Å². The van der Waals surface area contributed by atoms with Crippen LogP contribution in [0.4, 0.5) is 26.3 Å². The molecule has 0 N–H and O–H groups in total. The number of hydrogen-bond donors (Lipinski definition) is 0. The van der Waals surface area contributed by atoms with E-state index in [2.05, 4.69) is 9.47 Å². The molecule has 16 heteroatoms. The Balaban J connectivity index is 3.02. The first-order chi connectivity index (χ1) is 17.4. The normalized spacial score (nSPS) is 13.0. The summed E-state index contributed by atoms with van der Waals surface area (Å²) in [6.45, 7) is 0. The van der Waals surface area contributed by atoms with Gasteiger partial charge >= 0.3 is 24.3 Å². The summed E-state index contributed by atoms with van der Waals surface area (Å²) in [7, 11) is 3.76. The van der Waals surface area contributed by atoms with Crippen LogP contribution in [0.25, 0.3) is 0 Å². The standard InChI is InChI=1S/C22H19ClF6O8S/c1-34-14-7-11(19(30)36-3)5-10(17(14)21(24,25)26)9-16(38(23,32)33)13-6-12(20(31)37-4)8-15(35-2)18(13)22(27,28)29/h5-8,16H,9H2,1-4H3. The molecule has 0 aromatic heterocycles. The van der Waals surface area contributed by atoms with Crippen molar-refractivity contribution in [2.75, 3.05) is 28.4 Å². The number of methoxy groups -OCH3 is 4. The molecule has 0 fully saturated rings. The maximum atomic E-state index is 14.1. The lowest BCUT2D eigenvalue weighted by Gasteiger charge is -2.24. The van der Waals surface area contributed by atoms with Crippen LogP contribution in [0.15, 0.2) is 24.3 Å². The Morgan fingerprint density at radius 2 is 1.21 bits per heavy atom. The molecule has 0 radical (unpaired) electrons. The molecule has 2 aromatic rings. The molecule has 0 saturated carbocycles. The molecule has 0 amide bonds. The van der Waals surface area contributed by atoms with Gasteiger partial charge in [-0.05, 0) is 41.8 Å². The fourth-order valence-corrected chi connectivity index (χ4v) is 5.05. The van der Waals surface area contributed by atoms with E-state index in [0.717, 1.165) is 28.4 Å². The summed E-state index contributed by atoms with van der Waals surface area (Å²) in [5.74, 6) is -4.29. The average molecular weight is 593 g/mol. The summed E-state index contributed by atoms with van der Waals surface area (Å²) >= 11 is 0. The van der Waals surface area contributed by atoms with Gasteiger partial charge in [0.25, 0.3) is 0 Å². The molecule has 2 rings (SSSR count). The van der Waals surface area contributed by atoms with Crippen molar-refractivity contribution in [3.8, 4) is 11.5 Å². The first-order valence-corrected chi connectivity index (χ1v) is 12.4. The summed E-state index contributed by atoms with van der Waals surface area (Å²) in [6.07, 6.45) is -11.9. The summed E-state index contributed by atoms with van der Waals surface area (Å²) < 4.78 is 128. The highest BCUT2D eigenvalue weighted by Crippen LogP contribution is 2.47. The molecule has 0 bridgehead atoms. The van der Waals surface area contributed by atoms with Crippen molar-refractivity contribution in [1.29, 1.82) is 0 Å². The van der Waals surface area contributed by atoms with E-state index < -0.39 is 89.9 Å². The zero-order chi connectivity index (χ0) is 29.2. The Morgan fingerprint density at radius 3 is 1.58 bits per heavy atom. The number of alkyl halides is 6. The van der Waals surface area contributed by atoms with Gasteiger partial charge < -0.3 is 18.9 Å². The summed E-state index contributed by atoms with van der Waals surface area (Å²) in [5, 5.41) is -2.53. The topological polar surface area (TPSA) is 105 Å². The van der Waals surface area contributed by atoms with Crippen LogP contribution in [0, 0.1) is 0 Å². The van der Waals surface area contributed by atoms with Gasteiger partial charge in [-0.25, -0.2) is 18.0 Å². The summed E-state index contributed by atoms with van der Waals surface area (Å²) in [4.78, 5) is 24.1. The minimum Gasteiger partial charge on any atom is -0.496 e. The predicted molar refractivity (Wildman–Crippen MR) is 120 cm³/mol. The Labute approximate surface area is 216 Å². The van der Waals surface area contributed by atoms with Crippen LogP contribution < -0.4 is 9.47 Å². The predicted octanol–water partition coefficient (Wildman–Crippen LogP) is 5.17. The van der Waals surface area contributed by atoms with Crippen molar-refractivity contribution in [1.82, 2.24) is 0 Å². The molecular weight excluding hydrogens is 574 g/mol. The molecule has 0 saturated heterocycles. The molecule has 8 nitrogen and oxygen atoms in total. The molecule has 0 heterocycles. The largest absolute Gasteiger partial charge is 0.496 e. The van der Waals surface area contributed by atoms with Crippen LogP contribution in [0.5, 0.6) is 11.5 Å². The third kappa shape index (κ3) is 6.62. The molecule has 0 aliphatic carbocycles. The zero-order valence-electron chi connectivity index (χ0n) is 19.9. The van der Waals surface area contributed by atoms with E-state index in [9.17, 15) is 44.3 Å². The molecule has 0 spiro atoms. The Hall–Kier alpha value is -3.20. The van der Waals surface area contributed by atoms with Gasteiger partial charge in [0.1, 0.15) is 27.9 Å². The first kappa shape index (κ1) is 31.0. The number of carbonyl (C=O) groups excluding carboxylic acids is 2. The number of carbonyl (C=O) groups is 2. The monoisotopic (exact) mass is 592 g/mol. The third-order valence-electron chi connectivity index (χ3n) is 5.26. The fraction of sp³-hybridized carbons (Fsp3) is 0.364. The van der Waals surface area contributed by atoms with E-state index >= 15 is 0 Å². The zero-order valence-corrected chi connectivity index (χ0v) is 21.5. The molecular formula is C22H19ClF6O8S. The second-order valence-corrected chi connectivity index (χ2v) is 10.3. The van der Waals surface area contributed by atoms with Crippen LogP contribution in [-0.2, 0) is 37.3 Å². The average Bonchev–Trinajstić information content (AvgIpc) is 2.82. The molecule has 1 unspecified atom stereocenters. The van der Waals surface area contributed by atoms with Crippen LogP contribution in [0.2, 0.25) is 0 Å². The number of benzene rings is 2. The Bertz CT molecular complexity index is 1340. The maximum absolute atomic E-state index is 14.1. The van der Waals surface area contributed by atoms with Gasteiger partial charge in [-0.3, -0.25) is 0 Å². The summed E-state index contributed by atoms with van der Waals surface area (Å²) in [5.41, 5.74) is -6.54. The molecule has 0 aliphatic rings. The van der Waals surface area contributed by atoms with Gasteiger partial charge in [0.15, 0.2) is 0 Å². The van der Waals surface area contributed by atoms with Crippen molar-refractivity contribution < 1.29 is 63.3 Å². The highest BCUT2D eigenvalue weighted by Gasteiger charge is 2.44. The van der Waals surface area contributed by atoms with E-state index in [0.29, 0.717) is 24.3 Å². The number of ether oxygens (including phenoxy) is 4. The fourth-order valence-electron chi connectivity index (χ4n) is 3.70. The second-order valence-electron chi connectivity index (χ2n) is 7.50. The highest BCUT2D eigenvalue weighted by molar-refractivity contribution is 8.13. The van der Waals surface area contributed by atoms with Crippen molar-refractivity contribution in [2.24, 2.45) is 0 Å². The van der Waals surface area contributed by atoms with Gasteiger partial charge in [0, 0.05) is 10.7 Å². The van der Waals surface area contributed by atoms with Gasteiger partial charge in [-0.2, -0.15) is 26.3 Å². The van der Waals surface area contributed by atoms with Gasteiger partial charge in [-0.15, -0.1) is 0 Å². The number of halogens is 7.